The van der Waals surface area contributed by atoms with Crippen molar-refractivity contribution in [2.45, 2.75) is 69.5 Å². The molecule has 1 aromatic carbocycles. The largest absolute Gasteiger partial charge is 0.290 e. The lowest BCUT2D eigenvalue weighted by Crippen LogP contribution is -2.34. The first-order valence-electron chi connectivity index (χ1n) is 9.81. The van der Waals surface area contributed by atoms with E-state index in [9.17, 15) is 13.2 Å². The fraction of sp³-hybridized carbons (Fsp3) is 0.524. The second-order valence-electron chi connectivity index (χ2n) is 8.17. The van der Waals surface area contributed by atoms with E-state index in [2.05, 4.69) is 9.88 Å². The highest BCUT2D eigenvalue weighted by molar-refractivity contribution is 5.26. The molecule has 142 valence electrons. The monoisotopic (exact) mass is 373 g/mol. The summed E-state index contributed by atoms with van der Waals surface area (Å²) in [6.45, 7) is 1.72. The zero-order valence-corrected chi connectivity index (χ0v) is 15.1. The van der Waals surface area contributed by atoms with Crippen molar-refractivity contribution in [2.24, 2.45) is 0 Å². The predicted octanol–water partition coefficient (Wildman–Crippen LogP) is 4.81. The highest BCUT2D eigenvalue weighted by Crippen LogP contribution is 2.40. The van der Waals surface area contributed by atoms with Crippen LogP contribution in [0.1, 0.15) is 73.0 Å². The van der Waals surface area contributed by atoms with Crippen molar-refractivity contribution in [1.29, 1.82) is 0 Å². The Balaban J connectivity index is 1.24. The first-order chi connectivity index (χ1) is 13.1. The molecule has 0 amide bonds. The Morgan fingerprint density at radius 2 is 1.52 bits per heavy atom. The number of benzene rings is 1. The standard InChI is InChI=1S/C21H22F3N3/c22-17-8-19(24)18(23)7-16(17)12-3-5-15(6-4-12)27-10-14-9-25-21(13-1-2-13)26-20(14)11-27/h7-9,12-13,15H,1-6,10-11H2. The molecule has 2 aromatic rings. The summed E-state index contributed by atoms with van der Waals surface area (Å²) in [7, 11) is 0. The number of halogens is 3. The van der Waals surface area contributed by atoms with E-state index in [4.69, 9.17) is 4.98 Å². The van der Waals surface area contributed by atoms with E-state index in [0.717, 1.165) is 56.4 Å². The number of fused-ring (bicyclic) bond motifs is 1. The number of hydrogen-bond acceptors (Lipinski definition) is 3. The Bertz CT molecular complexity index is 873. The average molecular weight is 373 g/mol. The normalized spacial score (nSPS) is 25.6. The van der Waals surface area contributed by atoms with Gasteiger partial charge in [0.05, 0.1) is 5.69 Å². The fourth-order valence-corrected chi connectivity index (χ4v) is 4.59. The molecule has 0 unspecified atom stereocenters. The quantitative estimate of drug-likeness (QED) is 0.723. The zero-order valence-electron chi connectivity index (χ0n) is 15.1. The van der Waals surface area contributed by atoms with Crippen LogP contribution in [-0.4, -0.2) is 20.9 Å². The molecular weight excluding hydrogens is 351 g/mol. The van der Waals surface area contributed by atoms with Gasteiger partial charge in [-0.05, 0) is 56.1 Å². The van der Waals surface area contributed by atoms with Crippen LogP contribution in [0.15, 0.2) is 18.3 Å². The molecule has 0 bridgehead atoms. The highest BCUT2D eigenvalue weighted by Gasteiger charge is 2.33. The summed E-state index contributed by atoms with van der Waals surface area (Å²) < 4.78 is 40.8. The summed E-state index contributed by atoms with van der Waals surface area (Å²) in [6, 6.07) is 2.13. The molecule has 1 aromatic heterocycles. The number of rotatable bonds is 3. The molecule has 0 N–H and O–H groups in total. The molecule has 27 heavy (non-hydrogen) atoms. The minimum Gasteiger partial charge on any atom is -0.290 e. The summed E-state index contributed by atoms with van der Waals surface area (Å²) in [5.41, 5.74) is 2.69. The molecule has 6 heteroatoms. The minimum atomic E-state index is -1.12. The van der Waals surface area contributed by atoms with E-state index in [0.29, 0.717) is 23.6 Å². The van der Waals surface area contributed by atoms with Gasteiger partial charge in [0.15, 0.2) is 11.6 Å². The summed E-state index contributed by atoms with van der Waals surface area (Å²) >= 11 is 0. The van der Waals surface area contributed by atoms with Crippen LogP contribution in [0.25, 0.3) is 0 Å². The van der Waals surface area contributed by atoms with Gasteiger partial charge in [-0.3, -0.25) is 4.90 Å². The van der Waals surface area contributed by atoms with Crippen molar-refractivity contribution in [3.05, 3.63) is 58.4 Å². The van der Waals surface area contributed by atoms with Crippen molar-refractivity contribution in [3.8, 4) is 0 Å². The van der Waals surface area contributed by atoms with E-state index < -0.39 is 17.5 Å². The Hall–Kier alpha value is -1.95. The molecule has 3 aliphatic rings. The molecule has 0 spiro atoms. The van der Waals surface area contributed by atoms with Gasteiger partial charge in [0, 0.05) is 42.9 Å². The van der Waals surface area contributed by atoms with E-state index in [1.54, 1.807) is 0 Å². The maximum absolute atomic E-state index is 14.1. The van der Waals surface area contributed by atoms with Crippen LogP contribution in [0.4, 0.5) is 13.2 Å². The molecule has 5 rings (SSSR count). The van der Waals surface area contributed by atoms with Crippen molar-refractivity contribution in [1.82, 2.24) is 14.9 Å². The lowest BCUT2D eigenvalue weighted by molar-refractivity contribution is 0.147. The Morgan fingerprint density at radius 1 is 0.815 bits per heavy atom. The van der Waals surface area contributed by atoms with Gasteiger partial charge in [-0.25, -0.2) is 23.1 Å². The maximum Gasteiger partial charge on any atom is 0.161 e. The van der Waals surface area contributed by atoms with Gasteiger partial charge < -0.3 is 0 Å². The summed E-state index contributed by atoms with van der Waals surface area (Å²) in [4.78, 5) is 11.7. The Labute approximate surface area is 156 Å². The van der Waals surface area contributed by atoms with E-state index in [1.807, 2.05) is 6.20 Å². The second kappa shape index (κ2) is 6.59. The molecule has 2 saturated carbocycles. The minimum absolute atomic E-state index is 0.0393. The highest BCUT2D eigenvalue weighted by atomic mass is 19.2. The molecule has 1 aliphatic heterocycles. The molecular formula is C21H22F3N3. The van der Waals surface area contributed by atoms with E-state index in [1.165, 1.54) is 18.4 Å². The van der Waals surface area contributed by atoms with Crippen molar-refractivity contribution < 1.29 is 13.2 Å². The van der Waals surface area contributed by atoms with Crippen LogP contribution in [0.2, 0.25) is 0 Å². The van der Waals surface area contributed by atoms with Gasteiger partial charge in [-0.1, -0.05) is 0 Å². The summed E-state index contributed by atoms with van der Waals surface area (Å²) in [5, 5.41) is 0. The van der Waals surface area contributed by atoms with Gasteiger partial charge in [-0.2, -0.15) is 0 Å². The van der Waals surface area contributed by atoms with E-state index in [-0.39, 0.29) is 5.92 Å². The van der Waals surface area contributed by atoms with Crippen molar-refractivity contribution in [3.63, 3.8) is 0 Å². The first-order valence-corrected chi connectivity index (χ1v) is 9.81. The predicted molar refractivity (Wildman–Crippen MR) is 94.6 cm³/mol. The third kappa shape index (κ3) is 3.24. The molecule has 3 nitrogen and oxygen atoms in total. The van der Waals surface area contributed by atoms with Crippen LogP contribution < -0.4 is 0 Å². The molecule has 2 heterocycles. The van der Waals surface area contributed by atoms with Gasteiger partial charge in [-0.15, -0.1) is 0 Å². The van der Waals surface area contributed by atoms with Gasteiger partial charge in [0.1, 0.15) is 11.6 Å². The number of aromatic nitrogens is 2. The number of nitrogens with zero attached hydrogens (tertiary/aromatic N) is 3. The van der Waals surface area contributed by atoms with Crippen LogP contribution in [0, 0.1) is 17.5 Å². The Morgan fingerprint density at radius 3 is 2.26 bits per heavy atom. The van der Waals surface area contributed by atoms with Crippen LogP contribution >= 0.6 is 0 Å². The number of hydrogen-bond donors (Lipinski definition) is 0. The van der Waals surface area contributed by atoms with E-state index >= 15 is 0 Å². The average Bonchev–Trinajstić information content (AvgIpc) is 3.43. The zero-order chi connectivity index (χ0) is 18.5. The molecule has 2 aliphatic carbocycles. The third-order valence-corrected chi connectivity index (χ3v) is 6.33. The van der Waals surface area contributed by atoms with Gasteiger partial charge in [0.2, 0.25) is 0 Å². The SMILES string of the molecule is Fc1cc(F)c(C2CCC(N3Cc4cnc(C5CC5)nc4C3)CC2)cc1F. The third-order valence-electron chi connectivity index (χ3n) is 6.33. The fourth-order valence-electron chi connectivity index (χ4n) is 4.59. The van der Waals surface area contributed by atoms with Crippen molar-refractivity contribution >= 4 is 0 Å². The second-order valence-corrected chi connectivity index (χ2v) is 8.17. The molecule has 0 saturated heterocycles. The Kier molecular flexibility index (Phi) is 4.19. The molecule has 2 fully saturated rings. The van der Waals surface area contributed by atoms with Crippen LogP contribution in [-0.2, 0) is 13.1 Å². The van der Waals surface area contributed by atoms with Crippen LogP contribution in [0.5, 0.6) is 0 Å². The van der Waals surface area contributed by atoms with Gasteiger partial charge in [0.25, 0.3) is 0 Å². The van der Waals surface area contributed by atoms with Gasteiger partial charge >= 0.3 is 0 Å². The lowest BCUT2D eigenvalue weighted by atomic mass is 9.81. The smallest absolute Gasteiger partial charge is 0.161 e. The first kappa shape index (κ1) is 17.2. The summed E-state index contributed by atoms with van der Waals surface area (Å²) in [6.07, 6.45) is 7.83. The summed E-state index contributed by atoms with van der Waals surface area (Å²) in [5.74, 6) is -1.20. The lowest BCUT2D eigenvalue weighted by Gasteiger charge is -2.34. The molecule has 0 radical (unpaired) electrons. The topological polar surface area (TPSA) is 29.0 Å². The van der Waals surface area contributed by atoms with Crippen LogP contribution in [0.3, 0.4) is 0 Å². The van der Waals surface area contributed by atoms with Crippen molar-refractivity contribution in [2.75, 3.05) is 0 Å². The molecule has 0 atom stereocenters. The maximum atomic E-state index is 14.1.